The first-order chi connectivity index (χ1) is 16.6. The van der Waals surface area contributed by atoms with Crippen LogP contribution in [0.3, 0.4) is 0 Å². The molecule has 2 aliphatic heterocycles. The Morgan fingerprint density at radius 2 is 2.09 bits per heavy atom. The number of imidazole rings is 1. The summed E-state index contributed by atoms with van der Waals surface area (Å²) in [4.78, 5) is 26.0. The van der Waals surface area contributed by atoms with Gasteiger partial charge in [0.25, 0.3) is 5.91 Å². The molecule has 0 bridgehead atoms. The van der Waals surface area contributed by atoms with Gasteiger partial charge in [-0.05, 0) is 18.6 Å². The van der Waals surface area contributed by atoms with Crippen molar-refractivity contribution in [2.24, 2.45) is 0 Å². The number of carbonyl (C=O) groups is 1. The van der Waals surface area contributed by atoms with Crippen LogP contribution < -0.4 is 10.6 Å². The molecule has 11 nitrogen and oxygen atoms in total. The molecule has 180 valence electrons. The zero-order valence-corrected chi connectivity index (χ0v) is 19.3. The number of aliphatic hydroxyl groups excluding tert-OH is 2. The van der Waals surface area contributed by atoms with Crippen molar-refractivity contribution in [1.82, 2.24) is 24.8 Å². The second-order valence-electron chi connectivity index (χ2n) is 8.18. The number of rotatable bonds is 7. The van der Waals surface area contributed by atoms with Crippen LogP contribution >= 0.6 is 11.8 Å². The molecule has 5 rings (SSSR count). The van der Waals surface area contributed by atoms with Gasteiger partial charge in [0.1, 0.15) is 18.5 Å². The van der Waals surface area contributed by atoms with Crippen LogP contribution in [0.4, 0.5) is 5.82 Å². The Morgan fingerprint density at radius 1 is 1.24 bits per heavy atom. The number of hydrogen-bond donors (Lipinski definition) is 4. The van der Waals surface area contributed by atoms with E-state index in [0.717, 1.165) is 11.3 Å². The summed E-state index contributed by atoms with van der Waals surface area (Å²) >= 11 is 1.39. The summed E-state index contributed by atoms with van der Waals surface area (Å²) < 4.78 is 13.1. The van der Waals surface area contributed by atoms with Crippen molar-refractivity contribution < 1.29 is 24.5 Å². The van der Waals surface area contributed by atoms with Crippen molar-refractivity contribution in [2.75, 3.05) is 31.3 Å². The van der Waals surface area contributed by atoms with Crippen molar-refractivity contribution >= 4 is 34.7 Å². The second kappa shape index (κ2) is 9.84. The minimum absolute atomic E-state index is 0.150. The van der Waals surface area contributed by atoms with Gasteiger partial charge in [0.2, 0.25) is 0 Å². The number of benzene rings is 1. The summed E-state index contributed by atoms with van der Waals surface area (Å²) in [5.74, 6) is 0.746. The van der Waals surface area contributed by atoms with Crippen molar-refractivity contribution in [3.05, 3.63) is 42.5 Å². The molecule has 0 spiro atoms. The molecule has 5 atom stereocenters. The number of nitrogens with zero attached hydrogens (tertiary/aromatic N) is 4. The van der Waals surface area contributed by atoms with Crippen molar-refractivity contribution in [3.8, 4) is 0 Å². The molecule has 2 fully saturated rings. The van der Waals surface area contributed by atoms with Gasteiger partial charge >= 0.3 is 0 Å². The van der Waals surface area contributed by atoms with E-state index in [-0.39, 0.29) is 11.9 Å². The Bertz CT molecular complexity index is 1170. The molecular formula is C22H26N6O5S. The van der Waals surface area contributed by atoms with Crippen molar-refractivity contribution in [3.63, 3.8) is 0 Å². The molecule has 3 aromatic rings. The quantitative estimate of drug-likeness (QED) is 0.354. The molecule has 2 aromatic heterocycles. The maximum Gasteiger partial charge on any atom is 0.252 e. The van der Waals surface area contributed by atoms with Crippen LogP contribution in [0.5, 0.6) is 0 Å². The van der Waals surface area contributed by atoms with Crippen LogP contribution in [0.1, 0.15) is 23.0 Å². The van der Waals surface area contributed by atoms with Gasteiger partial charge in [-0.25, -0.2) is 15.0 Å². The molecule has 12 heteroatoms. The Labute approximate surface area is 199 Å². The predicted octanol–water partition coefficient (Wildman–Crippen LogP) is 0.798. The van der Waals surface area contributed by atoms with E-state index >= 15 is 0 Å². The van der Waals surface area contributed by atoms with Crippen LogP contribution in [0.25, 0.3) is 11.2 Å². The Kier molecular flexibility index (Phi) is 6.66. The highest BCUT2D eigenvalue weighted by atomic mass is 32.2. The number of ether oxygens (including phenoxy) is 2. The zero-order chi connectivity index (χ0) is 23.7. The predicted molar refractivity (Wildman–Crippen MR) is 125 cm³/mol. The fraction of sp³-hybridized carbons (Fsp3) is 0.455. The summed E-state index contributed by atoms with van der Waals surface area (Å²) in [7, 11) is 1.58. The van der Waals surface area contributed by atoms with E-state index in [4.69, 9.17) is 9.47 Å². The maximum absolute atomic E-state index is 12.1. The van der Waals surface area contributed by atoms with E-state index in [1.807, 2.05) is 12.1 Å². The SMILES string of the molecule is CNC(=O)c1ccccc1SC[C@H]1O[C@@H](n2cnc3c(NC4CCOC4)ncnc32)[C@H](O)[C@@H]1O. The first-order valence-electron chi connectivity index (χ1n) is 11.0. The summed E-state index contributed by atoms with van der Waals surface area (Å²) in [6.45, 7) is 1.30. The number of thioether (sulfide) groups is 1. The summed E-state index contributed by atoms with van der Waals surface area (Å²) in [5, 5.41) is 27.4. The van der Waals surface area contributed by atoms with E-state index in [9.17, 15) is 15.0 Å². The minimum Gasteiger partial charge on any atom is -0.387 e. The molecule has 34 heavy (non-hydrogen) atoms. The molecule has 1 unspecified atom stereocenters. The van der Waals surface area contributed by atoms with Crippen LogP contribution in [-0.2, 0) is 9.47 Å². The lowest BCUT2D eigenvalue weighted by Gasteiger charge is -2.17. The second-order valence-corrected chi connectivity index (χ2v) is 9.25. The molecule has 4 N–H and O–H groups in total. The molecule has 4 heterocycles. The van der Waals surface area contributed by atoms with Gasteiger partial charge in [-0.1, -0.05) is 12.1 Å². The van der Waals surface area contributed by atoms with Gasteiger partial charge in [-0.3, -0.25) is 9.36 Å². The fourth-order valence-corrected chi connectivity index (χ4v) is 5.28. The third-order valence-corrected chi connectivity index (χ3v) is 7.16. The number of nitrogens with one attached hydrogen (secondary N) is 2. The van der Waals surface area contributed by atoms with Gasteiger partial charge in [0.15, 0.2) is 23.2 Å². The minimum atomic E-state index is -1.17. The lowest BCUT2D eigenvalue weighted by molar-refractivity contribution is -0.0289. The van der Waals surface area contributed by atoms with E-state index in [1.165, 1.54) is 24.4 Å². The number of hydrogen-bond acceptors (Lipinski definition) is 10. The first-order valence-corrected chi connectivity index (χ1v) is 12.0. The van der Waals surface area contributed by atoms with Gasteiger partial charge in [0, 0.05) is 24.3 Å². The molecule has 0 saturated carbocycles. The average Bonchev–Trinajstić information content (AvgIpc) is 3.59. The van der Waals surface area contributed by atoms with E-state index in [0.29, 0.717) is 41.5 Å². The van der Waals surface area contributed by atoms with Crippen molar-refractivity contribution in [2.45, 2.75) is 41.9 Å². The van der Waals surface area contributed by atoms with Crippen LogP contribution in [0, 0.1) is 0 Å². The smallest absolute Gasteiger partial charge is 0.252 e. The first kappa shape index (κ1) is 23.0. The molecule has 2 aliphatic rings. The third kappa shape index (κ3) is 4.34. The topological polar surface area (TPSA) is 144 Å². The van der Waals surface area contributed by atoms with E-state index in [2.05, 4.69) is 25.6 Å². The number of aromatic nitrogens is 4. The monoisotopic (exact) mass is 486 g/mol. The van der Waals surface area contributed by atoms with E-state index < -0.39 is 24.5 Å². The molecule has 2 saturated heterocycles. The van der Waals surface area contributed by atoms with Gasteiger partial charge in [-0.2, -0.15) is 0 Å². The number of fused-ring (bicyclic) bond motifs is 1. The Hall–Kier alpha value is -2.77. The van der Waals surface area contributed by atoms with Crippen LogP contribution in [0.2, 0.25) is 0 Å². The largest absolute Gasteiger partial charge is 0.387 e. The van der Waals surface area contributed by atoms with E-state index in [1.54, 1.807) is 23.7 Å². The van der Waals surface area contributed by atoms with Gasteiger partial charge in [-0.15, -0.1) is 11.8 Å². The molecule has 1 aromatic carbocycles. The van der Waals surface area contributed by atoms with Crippen LogP contribution in [0.15, 0.2) is 41.8 Å². The van der Waals surface area contributed by atoms with Crippen molar-refractivity contribution in [1.29, 1.82) is 0 Å². The average molecular weight is 487 g/mol. The Morgan fingerprint density at radius 3 is 2.88 bits per heavy atom. The summed E-state index contributed by atoms with van der Waals surface area (Å²) in [6, 6.07) is 7.38. The number of carbonyl (C=O) groups excluding carboxylic acids is 1. The highest BCUT2D eigenvalue weighted by Gasteiger charge is 2.44. The maximum atomic E-state index is 12.1. The summed E-state index contributed by atoms with van der Waals surface area (Å²) in [5.41, 5.74) is 1.59. The normalized spacial score (nSPS) is 26.7. The van der Waals surface area contributed by atoms with Crippen LogP contribution in [-0.4, -0.2) is 86.0 Å². The number of aliphatic hydroxyl groups is 2. The Balaban J connectivity index is 1.33. The summed E-state index contributed by atoms with van der Waals surface area (Å²) in [6.07, 6.45) is 0.0359. The number of amides is 1. The number of anilines is 1. The fourth-order valence-electron chi connectivity index (χ4n) is 4.17. The molecule has 0 aliphatic carbocycles. The standard InChI is InChI=1S/C22H26N6O5S/c1-23-21(31)13-4-2-3-5-15(13)34-9-14-17(29)18(30)22(33-14)28-11-26-16-19(24-10-25-20(16)28)27-12-6-7-32-8-12/h2-5,10-12,14,17-18,22,29-30H,6-9H2,1H3,(H,23,31)(H,24,25,27)/t12?,14-,17-,18-,22-/m1/s1. The molecular weight excluding hydrogens is 460 g/mol. The molecule has 0 radical (unpaired) electrons. The lowest BCUT2D eigenvalue weighted by atomic mass is 10.1. The molecule has 1 amide bonds. The van der Waals surface area contributed by atoms with Gasteiger partial charge in [0.05, 0.1) is 30.6 Å². The third-order valence-electron chi connectivity index (χ3n) is 6.00. The van der Waals surface area contributed by atoms with Gasteiger partial charge < -0.3 is 30.3 Å². The lowest BCUT2D eigenvalue weighted by Crippen LogP contribution is -2.32. The zero-order valence-electron chi connectivity index (χ0n) is 18.5. The highest BCUT2D eigenvalue weighted by Crippen LogP contribution is 2.35. The highest BCUT2D eigenvalue weighted by molar-refractivity contribution is 7.99.